The van der Waals surface area contributed by atoms with Crippen molar-refractivity contribution < 1.29 is 27.4 Å². The van der Waals surface area contributed by atoms with Gasteiger partial charge in [0.05, 0.1) is 6.10 Å². The lowest BCUT2D eigenvalue weighted by molar-refractivity contribution is -0.253. The highest BCUT2D eigenvalue weighted by Gasteiger charge is 2.44. The van der Waals surface area contributed by atoms with Crippen LogP contribution in [0, 0.1) is 5.41 Å². The molecule has 0 radical (unpaired) electrons. The van der Waals surface area contributed by atoms with E-state index in [0.717, 1.165) is 12.1 Å². The van der Waals surface area contributed by atoms with Crippen molar-refractivity contribution in [2.75, 3.05) is 0 Å². The van der Waals surface area contributed by atoms with E-state index >= 15 is 0 Å². The van der Waals surface area contributed by atoms with Crippen LogP contribution in [-0.4, -0.2) is 23.7 Å². The minimum Gasteiger partial charge on any atom is -0.428 e. The predicted molar refractivity (Wildman–Crippen MR) is 75.0 cm³/mol. The number of halogens is 4. The summed E-state index contributed by atoms with van der Waals surface area (Å²) in [5.41, 5.74) is 6.00. The summed E-state index contributed by atoms with van der Waals surface area (Å²) in [6, 6.07) is 4.74. The third kappa shape index (κ3) is 5.14. The molecule has 0 fully saturated rings. The van der Waals surface area contributed by atoms with Gasteiger partial charge in [-0.2, -0.15) is 17.6 Å². The Morgan fingerprint density at radius 2 is 1.82 bits per heavy atom. The van der Waals surface area contributed by atoms with Gasteiger partial charge < -0.3 is 15.6 Å². The molecule has 2 atom stereocenters. The summed E-state index contributed by atoms with van der Waals surface area (Å²) in [7, 11) is 0. The molecule has 22 heavy (non-hydrogen) atoms. The second kappa shape index (κ2) is 6.83. The molecular weight excluding hydrogens is 302 g/mol. The first-order valence-corrected chi connectivity index (χ1v) is 6.82. The minimum atomic E-state index is -4.58. The van der Waals surface area contributed by atoms with E-state index in [-0.39, 0.29) is 23.4 Å². The van der Waals surface area contributed by atoms with Gasteiger partial charge in [0, 0.05) is 6.04 Å². The molecule has 0 bridgehead atoms. The Bertz CT molecular complexity index is 489. The highest BCUT2D eigenvalue weighted by molar-refractivity contribution is 5.30. The number of hydrogen-bond donors (Lipinski definition) is 2. The first-order valence-electron chi connectivity index (χ1n) is 6.82. The van der Waals surface area contributed by atoms with E-state index in [1.807, 2.05) is 20.8 Å². The van der Waals surface area contributed by atoms with Gasteiger partial charge in [-0.1, -0.05) is 32.9 Å². The maximum Gasteiger partial charge on any atom is 0.461 e. The van der Waals surface area contributed by atoms with Gasteiger partial charge in [-0.25, -0.2) is 0 Å². The van der Waals surface area contributed by atoms with Crippen molar-refractivity contribution >= 4 is 0 Å². The van der Waals surface area contributed by atoms with Crippen LogP contribution in [0.3, 0.4) is 0 Å². The highest BCUT2D eigenvalue weighted by atomic mass is 19.3. The molecule has 1 aromatic rings. The average molecular weight is 323 g/mol. The van der Waals surface area contributed by atoms with E-state index in [0.29, 0.717) is 0 Å². The number of aliphatic hydroxyl groups is 1. The summed E-state index contributed by atoms with van der Waals surface area (Å²) in [5, 5.41) is 10.1. The van der Waals surface area contributed by atoms with Gasteiger partial charge in [0.25, 0.3) is 0 Å². The van der Waals surface area contributed by atoms with Crippen LogP contribution in [0.1, 0.15) is 38.9 Å². The Morgan fingerprint density at radius 1 is 1.23 bits per heavy atom. The molecule has 0 aliphatic rings. The topological polar surface area (TPSA) is 55.5 Å². The van der Waals surface area contributed by atoms with E-state index in [9.17, 15) is 22.7 Å². The highest BCUT2D eigenvalue weighted by Crippen LogP contribution is 2.31. The first-order chi connectivity index (χ1) is 9.93. The maximum absolute atomic E-state index is 12.9. The number of alkyl halides is 4. The number of rotatable bonds is 6. The molecule has 7 heteroatoms. The standard InChI is InChI=1S/C15H21F4NO2/c1-14(2,3)12(20)8-11(21)9-5-4-6-10(7-9)22-15(18,19)13(16)17/h4-7,11-13,21H,8,20H2,1-3H3/t11-,12-/m1/s1. The fraction of sp³-hybridized carbons (Fsp3) is 0.600. The lowest BCUT2D eigenvalue weighted by atomic mass is 9.83. The summed E-state index contributed by atoms with van der Waals surface area (Å²) in [4.78, 5) is 0. The van der Waals surface area contributed by atoms with Gasteiger partial charge in [0.2, 0.25) is 0 Å². The molecule has 0 amide bonds. The van der Waals surface area contributed by atoms with Crippen molar-refractivity contribution in [3.63, 3.8) is 0 Å². The molecule has 0 aliphatic carbocycles. The largest absolute Gasteiger partial charge is 0.461 e. The number of hydrogen-bond acceptors (Lipinski definition) is 3. The summed E-state index contributed by atoms with van der Waals surface area (Å²) in [5.74, 6) is -0.439. The van der Waals surface area contributed by atoms with E-state index in [1.165, 1.54) is 12.1 Å². The number of nitrogens with two attached hydrogens (primary N) is 1. The van der Waals surface area contributed by atoms with E-state index in [4.69, 9.17) is 5.73 Å². The lowest BCUT2D eigenvalue weighted by Crippen LogP contribution is -2.36. The number of ether oxygens (including phenoxy) is 1. The van der Waals surface area contributed by atoms with E-state index in [2.05, 4.69) is 4.74 Å². The molecule has 0 saturated carbocycles. The van der Waals surface area contributed by atoms with Gasteiger partial charge >= 0.3 is 12.5 Å². The van der Waals surface area contributed by atoms with Crippen LogP contribution < -0.4 is 10.5 Å². The Kier molecular flexibility index (Phi) is 5.81. The third-order valence-electron chi connectivity index (χ3n) is 3.34. The van der Waals surface area contributed by atoms with Crippen LogP contribution >= 0.6 is 0 Å². The predicted octanol–water partition coefficient (Wildman–Crippen LogP) is 3.72. The fourth-order valence-corrected chi connectivity index (χ4v) is 1.72. The van der Waals surface area contributed by atoms with Gasteiger partial charge in [0.1, 0.15) is 5.75 Å². The minimum absolute atomic E-state index is 0.207. The second-order valence-corrected chi connectivity index (χ2v) is 6.26. The monoisotopic (exact) mass is 323 g/mol. The van der Waals surface area contributed by atoms with Crippen molar-refractivity contribution in [2.24, 2.45) is 11.1 Å². The maximum atomic E-state index is 12.9. The zero-order valence-electron chi connectivity index (χ0n) is 12.7. The average Bonchev–Trinajstić information content (AvgIpc) is 2.37. The summed E-state index contributed by atoms with van der Waals surface area (Å²) in [6.45, 7) is 5.73. The molecular formula is C15H21F4NO2. The van der Waals surface area contributed by atoms with Crippen LogP contribution in [0.2, 0.25) is 0 Å². The quantitative estimate of drug-likeness (QED) is 0.785. The summed E-state index contributed by atoms with van der Waals surface area (Å²) >= 11 is 0. The Morgan fingerprint density at radius 3 is 2.32 bits per heavy atom. The Labute approximate surface area is 127 Å². The van der Waals surface area contributed by atoms with E-state index < -0.39 is 24.4 Å². The molecule has 1 rings (SSSR count). The van der Waals surface area contributed by atoms with Crippen molar-refractivity contribution in [1.29, 1.82) is 0 Å². The normalized spacial score (nSPS) is 15.7. The van der Waals surface area contributed by atoms with Crippen molar-refractivity contribution in [3.05, 3.63) is 29.8 Å². The van der Waals surface area contributed by atoms with Gasteiger partial charge in [-0.05, 0) is 29.5 Å². The first kappa shape index (κ1) is 18.7. The zero-order chi connectivity index (χ0) is 17.1. The molecule has 0 unspecified atom stereocenters. The molecule has 3 N–H and O–H groups in total. The Hall–Kier alpha value is -1.34. The smallest absolute Gasteiger partial charge is 0.428 e. The number of benzene rings is 1. The van der Waals surface area contributed by atoms with Crippen molar-refractivity contribution in [3.8, 4) is 5.75 Å². The van der Waals surface area contributed by atoms with Crippen LogP contribution in [0.5, 0.6) is 5.75 Å². The molecule has 0 spiro atoms. The third-order valence-corrected chi connectivity index (χ3v) is 3.34. The fourth-order valence-electron chi connectivity index (χ4n) is 1.72. The summed E-state index contributed by atoms with van der Waals surface area (Å²) < 4.78 is 54.0. The molecule has 0 aliphatic heterocycles. The lowest BCUT2D eigenvalue weighted by Gasteiger charge is -2.29. The van der Waals surface area contributed by atoms with Crippen molar-refractivity contribution in [2.45, 2.75) is 51.9 Å². The van der Waals surface area contributed by atoms with Crippen LogP contribution in [0.4, 0.5) is 17.6 Å². The summed E-state index contributed by atoms with van der Waals surface area (Å²) in [6.07, 6.45) is -9.31. The van der Waals surface area contributed by atoms with Crippen molar-refractivity contribution in [1.82, 2.24) is 0 Å². The zero-order valence-corrected chi connectivity index (χ0v) is 12.7. The van der Waals surface area contributed by atoms with Gasteiger partial charge in [-0.3, -0.25) is 0 Å². The molecule has 0 saturated heterocycles. The molecule has 1 aromatic carbocycles. The van der Waals surface area contributed by atoms with Gasteiger partial charge in [0.15, 0.2) is 0 Å². The second-order valence-electron chi connectivity index (χ2n) is 6.26. The molecule has 126 valence electrons. The van der Waals surface area contributed by atoms with E-state index in [1.54, 1.807) is 0 Å². The SMILES string of the molecule is CC(C)(C)[C@H](N)C[C@@H](O)c1cccc(OC(F)(F)C(F)F)c1. The molecule has 0 heterocycles. The van der Waals surface area contributed by atoms with Crippen LogP contribution in [-0.2, 0) is 0 Å². The van der Waals surface area contributed by atoms with Crippen LogP contribution in [0.15, 0.2) is 24.3 Å². The molecule has 0 aromatic heterocycles. The van der Waals surface area contributed by atoms with Crippen LogP contribution in [0.25, 0.3) is 0 Å². The molecule has 3 nitrogen and oxygen atoms in total. The number of aliphatic hydroxyl groups excluding tert-OH is 1. The Balaban J connectivity index is 2.84. The van der Waals surface area contributed by atoms with Gasteiger partial charge in [-0.15, -0.1) is 0 Å².